The number of rotatable bonds is 7. The average Bonchev–Trinajstić information content (AvgIpc) is 2.72. The Balaban J connectivity index is 1.69. The summed E-state index contributed by atoms with van der Waals surface area (Å²) in [5.74, 6) is 0.202. The van der Waals surface area contributed by atoms with Crippen LogP contribution in [-0.2, 0) is 9.53 Å². The second kappa shape index (κ2) is 9.82. The van der Waals surface area contributed by atoms with Crippen molar-refractivity contribution >= 4 is 12.1 Å². The number of hydrogen-bond acceptors (Lipinski definition) is 7. The smallest absolute Gasteiger partial charge is 0.262 e. The maximum atomic E-state index is 12.8. The summed E-state index contributed by atoms with van der Waals surface area (Å²) in [4.78, 5) is 18.9. The number of amides is 1. The number of hydrazone groups is 1. The lowest BCUT2D eigenvalue weighted by molar-refractivity contribution is -0.128. The maximum Gasteiger partial charge on any atom is 0.262 e. The fourth-order valence-corrected chi connectivity index (χ4v) is 3.03. The van der Waals surface area contributed by atoms with Crippen molar-refractivity contribution in [2.24, 2.45) is 5.10 Å². The van der Waals surface area contributed by atoms with E-state index in [1.54, 1.807) is 24.5 Å². The quantitative estimate of drug-likeness (QED) is 0.557. The highest BCUT2D eigenvalue weighted by Gasteiger charge is 2.28. The zero-order chi connectivity index (χ0) is 19.8. The number of aromatic nitrogens is 1. The van der Waals surface area contributed by atoms with Gasteiger partial charge in [0.25, 0.3) is 5.91 Å². The van der Waals surface area contributed by atoms with E-state index in [2.05, 4.69) is 20.4 Å². The lowest BCUT2D eigenvalue weighted by atomic mass is 10.1. The summed E-state index contributed by atoms with van der Waals surface area (Å²) >= 11 is 0. The molecule has 0 bridgehead atoms. The largest absolute Gasteiger partial charge is 0.504 e. The van der Waals surface area contributed by atoms with Gasteiger partial charge in [0.2, 0.25) is 0 Å². The number of carbonyl (C=O) groups excluding carboxylic acids is 1. The van der Waals surface area contributed by atoms with Crippen LogP contribution in [0.25, 0.3) is 0 Å². The first-order valence-corrected chi connectivity index (χ1v) is 9.19. The molecule has 1 saturated heterocycles. The molecule has 1 fully saturated rings. The Morgan fingerprint density at radius 2 is 2.11 bits per heavy atom. The molecule has 1 aliphatic heterocycles. The van der Waals surface area contributed by atoms with Gasteiger partial charge in [0.15, 0.2) is 11.5 Å². The molecule has 148 valence electrons. The van der Waals surface area contributed by atoms with Gasteiger partial charge in [-0.1, -0.05) is 0 Å². The Labute approximate surface area is 163 Å². The molecule has 1 amide bonds. The first kappa shape index (κ1) is 19.8. The summed E-state index contributed by atoms with van der Waals surface area (Å²) in [6, 6.07) is 8.13. The van der Waals surface area contributed by atoms with Crippen LogP contribution in [0, 0.1) is 0 Å². The molecule has 1 atom stereocenters. The Bertz CT molecular complexity index is 807. The van der Waals surface area contributed by atoms with E-state index in [9.17, 15) is 9.90 Å². The van der Waals surface area contributed by atoms with Crippen LogP contribution >= 0.6 is 0 Å². The second-order valence-electron chi connectivity index (χ2n) is 6.23. The SMILES string of the molecule is CCOc1ccc(C=NNC(=O)C(c2ccncc2)N2CCOCC2)cc1O. The summed E-state index contributed by atoms with van der Waals surface area (Å²) in [7, 11) is 0. The van der Waals surface area contributed by atoms with Crippen LogP contribution in [-0.4, -0.2) is 60.0 Å². The number of aromatic hydroxyl groups is 1. The number of pyridine rings is 1. The van der Waals surface area contributed by atoms with Crippen molar-refractivity contribution in [3.05, 3.63) is 53.9 Å². The van der Waals surface area contributed by atoms with Crippen molar-refractivity contribution in [1.82, 2.24) is 15.3 Å². The molecule has 1 aromatic carbocycles. The van der Waals surface area contributed by atoms with Gasteiger partial charge in [0, 0.05) is 25.5 Å². The average molecular weight is 384 g/mol. The van der Waals surface area contributed by atoms with Gasteiger partial charge in [-0.3, -0.25) is 14.7 Å². The molecule has 0 aliphatic carbocycles. The topological polar surface area (TPSA) is 96.3 Å². The number of phenolic OH excluding ortho intramolecular Hbond substituents is 1. The van der Waals surface area contributed by atoms with Gasteiger partial charge >= 0.3 is 0 Å². The summed E-state index contributed by atoms with van der Waals surface area (Å²) < 4.78 is 10.7. The fourth-order valence-electron chi connectivity index (χ4n) is 3.03. The molecule has 2 N–H and O–H groups in total. The van der Waals surface area contributed by atoms with E-state index in [1.807, 2.05) is 19.1 Å². The van der Waals surface area contributed by atoms with Crippen LogP contribution in [0.5, 0.6) is 11.5 Å². The van der Waals surface area contributed by atoms with Crippen LogP contribution in [0.15, 0.2) is 47.8 Å². The standard InChI is InChI=1S/C20H24N4O4/c1-2-28-18-4-3-15(13-17(18)25)14-22-23-20(26)19(16-5-7-21-8-6-16)24-9-11-27-12-10-24/h3-8,13-14,19,25H,2,9-12H2,1H3,(H,23,26). The third-order valence-electron chi connectivity index (χ3n) is 4.35. The molecule has 3 rings (SSSR count). The predicted molar refractivity (Wildman–Crippen MR) is 104 cm³/mol. The monoisotopic (exact) mass is 384 g/mol. The van der Waals surface area contributed by atoms with Crippen molar-refractivity contribution in [1.29, 1.82) is 0 Å². The Morgan fingerprint density at radius 1 is 1.36 bits per heavy atom. The van der Waals surface area contributed by atoms with Crippen molar-refractivity contribution in [2.45, 2.75) is 13.0 Å². The molecule has 8 heteroatoms. The molecular formula is C20H24N4O4. The summed E-state index contributed by atoms with van der Waals surface area (Å²) in [5.41, 5.74) is 4.10. The molecule has 8 nitrogen and oxygen atoms in total. The number of hydrogen-bond donors (Lipinski definition) is 2. The van der Waals surface area contributed by atoms with Crippen LogP contribution < -0.4 is 10.2 Å². The molecule has 1 aliphatic rings. The van der Waals surface area contributed by atoms with E-state index in [1.165, 1.54) is 12.3 Å². The molecule has 0 saturated carbocycles. The van der Waals surface area contributed by atoms with E-state index in [4.69, 9.17) is 9.47 Å². The minimum absolute atomic E-state index is 0.0279. The summed E-state index contributed by atoms with van der Waals surface area (Å²) in [5, 5.41) is 14.0. The number of nitrogens with one attached hydrogen (secondary N) is 1. The minimum atomic E-state index is -0.474. The normalized spacial score (nSPS) is 16.0. The van der Waals surface area contributed by atoms with Gasteiger partial charge in [-0.2, -0.15) is 5.10 Å². The van der Waals surface area contributed by atoms with Gasteiger partial charge in [0.1, 0.15) is 6.04 Å². The number of benzene rings is 1. The second-order valence-corrected chi connectivity index (χ2v) is 6.23. The predicted octanol–water partition coefficient (Wildman–Crippen LogP) is 1.71. The number of nitrogens with zero attached hydrogens (tertiary/aromatic N) is 3. The van der Waals surface area contributed by atoms with Gasteiger partial charge < -0.3 is 14.6 Å². The first-order valence-electron chi connectivity index (χ1n) is 9.19. The summed E-state index contributed by atoms with van der Waals surface area (Å²) in [6.07, 6.45) is 4.82. The maximum absolute atomic E-state index is 12.8. The Hall–Kier alpha value is -2.97. The van der Waals surface area contributed by atoms with Crippen molar-refractivity contribution in [3.8, 4) is 11.5 Å². The zero-order valence-corrected chi connectivity index (χ0v) is 15.7. The molecule has 0 spiro atoms. The molecule has 2 aromatic rings. The van der Waals surface area contributed by atoms with E-state index in [-0.39, 0.29) is 11.7 Å². The molecule has 28 heavy (non-hydrogen) atoms. The lowest BCUT2D eigenvalue weighted by Crippen LogP contribution is -2.44. The third kappa shape index (κ3) is 5.05. The number of phenols is 1. The van der Waals surface area contributed by atoms with Gasteiger partial charge in [-0.05, 0) is 48.4 Å². The van der Waals surface area contributed by atoms with E-state index in [0.717, 1.165) is 5.56 Å². The van der Waals surface area contributed by atoms with Gasteiger partial charge in [-0.15, -0.1) is 0 Å². The number of morpholine rings is 1. The minimum Gasteiger partial charge on any atom is -0.504 e. The molecular weight excluding hydrogens is 360 g/mol. The molecule has 1 aromatic heterocycles. The van der Waals surface area contributed by atoms with Crippen molar-refractivity contribution < 1.29 is 19.4 Å². The van der Waals surface area contributed by atoms with Crippen LogP contribution in [0.1, 0.15) is 24.1 Å². The molecule has 2 heterocycles. The van der Waals surface area contributed by atoms with Crippen LogP contribution in [0.4, 0.5) is 0 Å². The van der Waals surface area contributed by atoms with E-state index in [0.29, 0.717) is 44.2 Å². The fraction of sp³-hybridized carbons (Fsp3) is 0.350. The van der Waals surface area contributed by atoms with Gasteiger partial charge in [-0.25, -0.2) is 5.43 Å². The third-order valence-corrected chi connectivity index (χ3v) is 4.35. The highest BCUT2D eigenvalue weighted by molar-refractivity contribution is 5.86. The Morgan fingerprint density at radius 3 is 2.79 bits per heavy atom. The number of ether oxygens (including phenoxy) is 2. The molecule has 0 radical (unpaired) electrons. The molecule has 1 unspecified atom stereocenters. The first-order chi connectivity index (χ1) is 13.7. The van der Waals surface area contributed by atoms with Crippen LogP contribution in [0.3, 0.4) is 0 Å². The zero-order valence-electron chi connectivity index (χ0n) is 15.7. The van der Waals surface area contributed by atoms with Gasteiger partial charge in [0.05, 0.1) is 26.0 Å². The van der Waals surface area contributed by atoms with E-state index < -0.39 is 6.04 Å². The van der Waals surface area contributed by atoms with Crippen molar-refractivity contribution in [2.75, 3.05) is 32.9 Å². The van der Waals surface area contributed by atoms with Crippen LogP contribution in [0.2, 0.25) is 0 Å². The Kier molecular flexibility index (Phi) is 6.94. The van der Waals surface area contributed by atoms with E-state index >= 15 is 0 Å². The highest BCUT2D eigenvalue weighted by atomic mass is 16.5. The highest BCUT2D eigenvalue weighted by Crippen LogP contribution is 2.26. The number of carbonyl (C=O) groups is 1. The summed E-state index contributed by atoms with van der Waals surface area (Å²) in [6.45, 7) is 4.81. The lowest BCUT2D eigenvalue weighted by Gasteiger charge is -2.33. The van der Waals surface area contributed by atoms with Crippen molar-refractivity contribution in [3.63, 3.8) is 0 Å².